The van der Waals surface area contributed by atoms with Gasteiger partial charge in [-0.05, 0) is 55.3 Å². The number of para-hydroxylation sites is 1. The molecule has 176 valence electrons. The largest absolute Gasteiger partial charge is 0.494 e. The summed E-state index contributed by atoms with van der Waals surface area (Å²) in [6, 6.07) is 17.8. The zero-order valence-electron chi connectivity index (χ0n) is 19.3. The highest BCUT2D eigenvalue weighted by Crippen LogP contribution is 2.35. The van der Waals surface area contributed by atoms with E-state index in [4.69, 9.17) is 26.8 Å². The summed E-state index contributed by atoms with van der Waals surface area (Å²) in [6.07, 6.45) is 5.53. The van der Waals surface area contributed by atoms with Crippen LogP contribution < -0.4 is 4.74 Å². The summed E-state index contributed by atoms with van der Waals surface area (Å²) in [4.78, 5) is 15.3. The van der Waals surface area contributed by atoms with E-state index in [-0.39, 0.29) is 5.91 Å². The van der Waals surface area contributed by atoms with Crippen LogP contribution in [0.25, 0.3) is 23.0 Å². The highest BCUT2D eigenvalue weighted by Gasteiger charge is 2.32. The van der Waals surface area contributed by atoms with E-state index in [0.29, 0.717) is 29.0 Å². The van der Waals surface area contributed by atoms with Crippen LogP contribution in [0.15, 0.2) is 65.7 Å². The molecular weight excluding hydrogens is 466 g/mol. The Morgan fingerprint density at radius 2 is 1.85 bits per heavy atom. The molecule has 1 aromatic heterocycles. The minimum atomic E-state index is -0.0761. The second-order valence-electron chi connectivity index (χ2n) is 7.77. The standard InChI is InChI=1S/C26H27N3O3S2/c1-3-15-32-22-12-10-19(11-13-22)24-20(18-29(27-24)21-8-5-4-6-9-21)17-23-25(30)28(26(33)34-23)14-7-16-31-2/h4-6,8-13,17-18H,3,7,14-16H2,1-2H3. The number of nitrogens with zero attached hydrogens (tertiary/aromatic N) is 3. The minimum Gasteiger partial charge on any atom is -0.494 e. The van der Waals surface area contributed by atoms with Gasteiger partial charge in [0.1, 0.15) is 10.1 Å². The third-order valence-corrected chi connectivity index (χ3v) is 6.63. The van der Waals surface area contributed by atoms with Gasteiger partial charge in [0.2, 0.25) is 0 Å². The number of hydrogen-bond acceptors (Lipinski definition) is 6. The molecule has 34 heavy (non-hydrogen) atoms. The van der Waals surface area contributed by atoms with Crippen molar-refractivity contribution in [1.82, 2.24) is 14.7 Å². The van der Waals surface area contributed by atoms with Crippen LogP contribution in [0.5, 0.6) is 5.75 Å². The number of ether oxygens (including phenoxy) is 2. The molecule has 0 saturated carbocycles. The average molecular weight is 494 g/mol. The molecular formula is C26H27N3O3S2. The van der Waals surface area contributed by atoms with Crippen molar-refractivity contribution in [3.8, 4) is 22.7 Å². The molecule has 3 aromatic rings. The number of aromatic nitrogens is 2. The molecule has 1 saturated heterocycles. The van der Waals surface area contributed by atoms with Gasteiger partial charge in [0.05, 0.1) is 22.9 Å². The van der Waals surface area contributed by atoms with Gasteiger partial charge in [-0.25, -0.2) is 4.68 Å². The number of rotatable bonds is 10. The van der Waals surface area contributed by atoms with E-state index >= 15 is 0 Å². The quantitative estimate of drug-likeness (QED) is 0.209. The van der Waals surface area contributed by atoms with Crippen LogP contribution >= 0.6 is 24.0 Å². The number of carbonyl (C=O) groups excluding carboxylic acids is 1. The van der Waals surface area contributed by atoms with Gasteiger partial charge >= 0.3 is 0 Å². The van der Waals surface area contributed by atoms with E-state index in [2.05, 4.69) is 6.92 Å². The maximum Gasteiger partial charge on any atom is 0.266 e. The Labute approximate surface area is 209 Å². The van der Waals surface area contributed by atoms with Crippen molar-refractivity contribution in [3.63, 3.8) is 0 Å². The number of thiocarbonyl (C=S) groups is 1. The fourth-order valence-corrected chi connectivity index (χ4v) is 4.86. The van der Waals surface area contributed by atoms with Crippen LogP contribution in [-0.2, 0) is 9.53 Å². The van der Waals surface area contributed by atoms with Crippen molar-refractivity contribution in [2.24, 2.45) is 0 Å². The van der Waals surface area contributed by atoms with Crippen LogP contribution in [0.3, 0.4) is 0 Å². The zero-order chi connectivity index (χ0) is 23.9. The summed E-state index contributed by atoms with van der Waals surface area (Å²) in [5, 5.41) is 4.86. The van der Waals surface area contributed by atoms with E-state index in [0.717, 1.165) is 41.1 Å². The van der Waals surface area contributed by atoms with Gasteiger partial charge in [-0.1, -0.05) is 49.1 Å². The SMILES string of the molecule is CCCOc1ccc(-c2nn(-c3ccccc3)cc2C=C2SC(=S)N(CCCOC)C2=O)cc1. The van der Waals surface area contributed by atoms with Gasteiger partial charge in [0.15, 0.2) is 0 Å². The Bertz CT molecular complexity index is 1170. The lowest BCUT2D eigenvalue weighted by Crippen LogP contribution is -2.29. The maximum absolute atomic E-state index is 13.0. The molecule has 2 heterocycles. The first-order chi connectivity index (χ1) is 16.6. The summed E-state index contributed by atoms with van der Waals surface area (Å²) < 4.78 is 13.2. The predicted octanol–water partition coefficient (Wildman–Crippen LogP) is 5.57. The summed E-state index contributed by atoms with van der Waals surface area (Å²) in [5.41, 5.74) is 3.53. The van der Waals surface area contributed by atoms with Crippen molar-refractivity contribution in [1.29, 1.82) is 0 Å². The molecule has 0 bridgehead atoms. The molecule has 0 spiro atoms. The van der Waals surface area contributed by atoms with Crippen LogP contribution in [0.1, 0.15) is 25.3 Å². The topological polar surface area (TPSA) is 56.6 Å². The third-order valence-electron chi connectivity index (χ3n) is 5.25. The molecule has 2 aromatic carbocycles. The molecule has 1 amide bonds. The molecule has 1 fully saturated rings. The number of methoxy groups -OCH3 is 1. The Kier molecular flexibility index (Phi) is 8.16. The van der Waals surface area contributed by atoms with Gasteiger partial charge in [-0.2, -0.15) is 5.10 Å². The number of hydrogen-bond donors (Lipinski definition) is 0. The minimum absolute atomic E-state index is 0.0761. The van der Waals surface area contributed by atoms with Crippen molar-refractivity contribution in [2.75, 3.05) is 26.9 Å². The Balaban J connectivity index is 1.68. The fraction of sp³-hybridized carbons (Fsp3) is 0.269. The van der Waals surface area contributed by atoms with E-state index in [1.807, 2.05) is 71.6 Å². The number of amides is 1. The molecule has 0 aliphatic carbocycles. The molecule has 0 radical (unpaired) electrons. The van der Waals surface area contributed by atoms with Gasteiger partial charge < -0.3 is 9.47 Å². The van der Waals surface area contributed by atoms with Crippen molar-refractivity contribution in [2.45, 2.75) is 19.8 Å². The first-order valence-corrected chi connectivity index (χ1v) is 12.5. The van der Waals surface area contributed by atoms with Crippen LogP contribution in [0, 0.1) is 0 Å². The Morgan fingerprint density at radius 3 is 2.56 bits per heavy atom. The molecule has 4 rings (SSSR count). The summed E-state index contributed by atoms with van der Waals surface area (Å²) in [7, 11) is 1.65. The van der Waals surface area contributed by atoms with Crippen molar-refractivity contribution < 1.29 is 14.3 Å². The summed E-state index contributed by atoms with van der Waals surface area (Å²) in [5.74, 6) is 0.749. The van der Waals surface area contributed by atoms with E-state index in [1.165, 1.54) is 11.8 Å². The Hall–Kier alpha value is -2.94. The predicted molar refractivity (Wildman–Crippen MR) is 141 cm³/mol. The second kappa shape index (κ2) is 11.5. The first-order valence-electron chi connectivity index (χ1n) is 11.2. The van der Waals surface area contributed by atoms with E-state index in [1.54, 1.807) is 12.0 Å². The van der Waals surface area contributed by atoms with E-state index < -0.39 is 0 Å². The smallest absolute Gasteiger partial charge is 0.266 e. The first kappa shape index (κ1) is 24.2. The van der Waals surface area contributed by atoms with Crippen LogP contribution in [0.4, 0.5) is 0 Å². The molecule has 8 heteroatoms. The monoisotopic (exact) mass is 493 g/mol. The zero-order valence-corrected chi connectivity index (χ0v) is 20.9. The third kappa shape index (κ3) is 5.58. The van der Waals surface area contributed by atoms with Crippen molar-refractivity contribution in [3.05, 3.63) is 71.3 Å². The van der Waals surface area contributed by atoms with Crippen LogP contribution in [0.2, 0.25) is 0 Å². The maximum atomic E-state index is 13.0. The molecule has 1 aliphatic rings. The highest BCUT2D eigenvalue weighted by molar-refractivity contribution is 8.26. The average Bonchev–Trinajstić information content (AvgIpc) is 3.40. The van der Waals surface area contributed by atoms with Gasteiger partial charge in [0, 0.05) is 37.6 Å². The van der Waals surface area contributed by atoms with Crippen LogP contribution in [-0.4, -0.2) is 51.8 Å². The van der Waals surface area contributed by atoms with Gasteiger partial charge in [0.25, 0.3) is 5.91 Å². The molecule has 0 unspecified atom stereocenters. The molecule has 1 aliphatic heterocycles. The molecule has 0 atom stereocenters. The number of benzene rings is 2. The van der Waals surface area contributed by atoms with Crippen molar-refractivity contribution >= 4 is 40.3 Å². The van der Waals surface area contributed by atoms with Gasteiger partial charge in [-0.3, -0.25) is 9.69 Å². The molecule has 6 nitrogen and oxygen atoms in total. The number of carbonyl (C=O) groups is 1. The lowest BCUT2D eigenvalue weighted by molar-refractivity contribution is -0.122. The summed E-state index contributed by atoms with van der Waals surface area (Å²) >= 11 is 6.80. The fourth-order valence-electron chi connectivity index (χ4n) is 3.56. The second-order valence-corrected chi connectivity index (χ2v) is 9.44. The Morgan fingerprint density at radius 1 is 1.09 bits per heavy atom. The molecule has 0 N–H and O–H groups in total. The lowest BCUT2D eigenvalue weighted by atomic mass is 10.1. The lowest BCUT2D eigenvalue weighted by Gasteiger charge is -2.13. The normalized spacial score (nSPS) is 14.9. The number of thioether (sulfide) groups is 1. The highest BCUT2D eigenvalue weighted by atomic mass is 32.2. The van der Waals surface area contributed by atoms with E-state index in [9.17, 15) is 4.79 Å². The summed E-state index contributed by atoms with van der Waals surface area (Å²) in [6.45, 7) is 3.89. The van der Waals surface area contributed by atoms with Gasteiger partial charge in [-0.15, -0.1) is 0 Å².